The van der Waals surface area contributed by atoms with Gasteiger partial charge in [-0.3, -0.25) is 9.38 Å². The molecule has 0 bridgehead atoms. The predicted molar refractivity (Wildman–Crippen MR) is 127 cm³/mol. The van der Waals surface area contributed by atoms with E-state index in [0.717, 1.165) is 60.8 Å². The lowest BCUT2D eigenvalue weighted by atomic mass is 9.73. The fraction of sp³-hybridized carbons (Fsp3) is 0.292. The maximum absolute atomic E-state index is 6.69. The summed E-state index contributed by atoms with van der Waals surface area (Å²) in [5, 5.41) is 1.02. The first-order valence-electron chi connectivity index (χ1n) is 10.8. The molecule has 8 heteroatoms. The summed E-state index contributed by atoms with van der Waals surface area (Å²) >= 11 is 12.7. The minimum absolute atomic E-state index is 0.00357. The van der Waals surface area contributed by atoms with Crippen LogP contribution in [0.2, 0.25) is 10.0 Å². The number of rotatable bonds is 2. The summed E-state index contributed by atoms with van der Waals surface area (Å²) in [6.45, 7) is 1.79. The Morgan fingerprint density at radius 2 is 1.84 bits per heavy atom. The highest BCUT2D eigenvalue weighted by Crippen LogP contribution is 2.50. The lowest BCUT2D eigenvalue weighted by Crippen LogP contribution is -2.44. The Labute approximate surface area is 196 Å². The molecule has 1 atom stereocenters. The molecule has 4 heterocycles. The van der Waals surface area contributed by atoms with Gasteiger partial charge in [0.15, 0.2) is 5.82 Å². The highest BCUT2D eigenvalue weighted by Gasteiger charge is 2.47. The van der Waals surface area contributed by atoms with Crippen LogP contribution < -0.4 is 10.6 Å². The molecule has 1 aliphatic heterocycles. The number of hydrogen-bond donors (Lipinski definition) is 1. The van der Waals surface area contributed by atoms with Crippen molar-refractivity contribution in [1.82, 2.24) is 19.4 Å². The number of aromatic nitrogens is 4. The number of nitrogens with two attached hydrogens (primary N) is 1. The molecule has 1 spiro atoms. The van der Waals surface area contributed by atoms with Crippen LogP contribution in [-0.2, 0) is 6.42 Å². The number of imidazole rings is 1. The third-order valence-corrected chi connectivity index (χ3v) is 7.93. The van der Waals surface area contributed by atoms with Gasteiger partial charge in [-0.05, 0) is 48.4 Å². The summed E-state index contributed by atoms with van der Waals surface area (Å²) in [6, 6.07) is 9.77. The third-order valence-electron chi connectivity index (χ3n) is 7.11. The quantitative estimate of drug-likeness (QED) is 0.454. The van der Waals surface area contributed by atoms with Crippen LogP contribution in [0.5, 0.6) is 0 Å². The molecule has 0 unspecified atom stereocenters. The fourth-order valence-corrected chi connectivity index (χ4v) is 5.73. The van der Waals surface area contributed by atoms with Crippen molar-refractivity contribution in [2.24, 2.45) is 11.1 Å². The zero-order chi connectivity index (χ0) is 21.9. The van der Waals surface area contributed by atoms with E-state index >= 15 is 0 Å². The van der Waals surface area contributed by atoms with Gasteiger partial charge in [0.2, 0.25) is 0 Å². The largest absolute Gasteiger partial charge is 0.355 e. The van der Waals surface area contributed by atoms with Crippen LogP contribution in [0.15, 0.2) is 55.1 Å². The van der Waals surface area contributed by atoms with Gasteiger partial charge in [-0.2, -0.15) is 0 Å². The first-order valence-corrected chi connectivity index (χ1v) is 11.5. The number of anilines is 1. The van der Waals surface area contributed by atoms with E-state index in [1.807, 2.05) is 47.4 Å². The van der Waals surface area contributed by atoms with Crippen molar-refractivity contribution in [3.63, 3.8) is 0 Å². The Balaban J connectivity index is 1.31. The molecule has 32 heavy (non-hydrogen) atoms. The van der Waals surface area contributed by atoms with E-state index in [0.29, 0.717) is 10.0 Å². The zero-order valence-corrected chi connectivity index (χ0v) is 18.9. The third kappa shape index (κ3) is 2.94. The summed E-state index contributed by atoms with van der Waals surface area (Å²) in [7, 11) is 0. The normalized spacial score (nSPS) is 19.6. The average molecular weight is 465 g/mol. The molecule has 0 radical (unpaired) electrons. The first kappa shape index (κ1) is 20.0. The second kappa shape index (κ2) is 7.44. The Bertz CT molecular complexity index is 1330. The van der Waals surface area contributed by atoms with E-state index in [2.05, 4.69) is 20.9 Å². The summed E-state index contributed by atoms with van der Waals surface area (Å²) < 4.78 is 2.03. The van der Waals surface area contributed by atoms with E-state index in [4.69, 9.17) is 33.9 Å². The molecule has 0 amide bonds. The van der Waals surface area contributed by atoms with Gasteiger partial charge in [0, 0.05) is 37.2 Å². The number of fused-ring (bicyclic) bond motifs is 2. The predicted octanol–water partition coefficient (Wildman–Crippen LogP) is 4.94. The molecule has 4 aromatic rings. The van der Waals surface area contributed by atoms with Crippen molar-refractivity contribution < 1.29 is 0 Å². The molecular formula is C24H22Cl2N6. The van der Waals surface area contributed by atoms with Crippen molar-refractivity contribution in [2.75, 3.05) is 18.0 Å². The maximum atomic E-state index is 6.69. The number of pyridine rings is 1. The molecule has 3 aromatic heterocycles. The van der Waals surface area contributed by atoms with Crippen LogP contribution in [0.1, 0.15) is 30.1 Å². The van der Waals surface area contributed by atoms with Gasteiger partial charge in [-0.15, -0.1) is 0 Å². The van der Waals surface area contributed by atoms with Crippen molar-refractivity contribution in [1.29, 1.82) is 0 Å². The summed E-state index contributed by atoms with van der Waals surface area (Å²) in [5.74, 6) is 1.69. The standard InChI is InChI=1S/C24H22Cl2N6/c25-17-5-1-4-16(19(17)26)22-30-14-18-23(29-9-12-32(18)22)31-10-6-24(7-11-31)13-15-3-2-8-28-20(15)21(24)27/h1-5,8-9,12,14,21H,6-7,10-11,13,27H2/t21-/m1/s1. The average Bonchev–Trinajstić information content (AvgIpc) is 3.36. The van der Waals surface area contributed by atoms with Gasteiger partial charge < -0.3 is 10.6 Å². The van der Waals surface area contributed by atoms with Crippen LogP contribution in [0.4, 0.5) is 5.82 Å². The molecule has 2 N–H and O–H groups in total. The van der Waals surface area contributed by atoms with Gasteiger partial charge in [0.1, 0.15) is 11.3 Å². The highest BCUT2D eigenvalue weighted by molar-refractivity contribution is 6.43. The van der Waals surface area contributed by atoms with Crippen molar-refractivity contribution in [3.8, 4) is 11.4 Å². The molecule has 2 aliphatic rings. The van der Waals surface area contributed by atoms with Crippen molar-refractivity contribution >= 4 is 34.5 Å². The monoisotopic (exact) mass is 464 g/mol. The lowest BCUT2D eigenvalue weighted by Gasteiger charge is -2.42. The molecule has 1 saturated heterocycles. The van der Waals surface area contributed by atoms with E-state index in [1.165, 1.54) is 5.56 Å². The van der Waals surface area contributed by atoms with Crippen molar-refractivity contribution in [3.05, 3.63) is 76.4 Å². The first-order chi connectivity index (χ1) is 15.6. The fourth-order valence-electron chi connectivity index (χ4n) is 5.34. The molecule has 6 nitrogen and oxygen atoms in total. The number of halogens is 2. The lowest BCUT2D eigenvalue weighted by molar-refractivity contribution is 0.186. The summed E-state index contributed by atoms with van der Waals surface area (Å²) in [5.41, 5.74) is 10.9. The van der Waals surface area contributed by atoms with Crippen LogP contribution in [0.3, 0.4) is 0 Å². The van der Waals surface area contributed by atoms with Gasteiger partial charge in [-0.1, -0.05) is 35.3 Å². The van der Waals surface area contributed by atoms with E-state index in [-0.39, 0.29) is 11.5 Å². The van der Waals surface area contributed by atoms with Crippen molar-refractivity contribution in [2.45, 2.75) is 25.3 Å². The number of hydrogen-bond acceptors (Lipinski definition) is 5. The maximum Gasteiger partial charge on any atom is 0.154 e. The Morgan fingerprint density at radius 3 is 2.66 bits per heavy atom. The topological polar surface area (TPSA) is 72.3 Å². The molecule has 1 fully saturated rings. The van der Waals surface area contributed by atoms with Crippen LogP contribution in [-0.4, -0.2) is 32.4 Å². The molecule has 1 aromatic carbocycles. The van der Waals surface area contributed by atoms with E-state index in [1.54, 1.807) is 6.07 Å². The van der Waals surface area contributed by atoms with Crippen LogP contribution >= 0.6 is 23.2 Å². The molecule has 162 valence electrons. The van der Waals surface area contributed by atoms with E-state index in [9.17, 15) is 0 Å². The highest BCUT2D eigenvalue weighted by atomic mass is 35.5. The smallest absolute Gasteiger partial charge is 0.154 e. The second-order valence-corrected chi connectivity index (χ2v) is 9.53. The second-order valence-electron chi connectivity index (χ2n) is 8.74. The molecule has 6 rings (SSSR count). The van der Waals surface area contributed by atoms with Gasteiger partial charge in [-0.25, -0.2) is 9.97 Å². The van der Waals surface area contributed by atoms with Crippen LogP contribution in [0.25, 0.3) is 16.9 Å². The Kier molecular flexibility index (Phi) is 4.64. The zero-order valence-electron chi connectivity index (χ0n) is 17.4. The number of benzene rings is 1. The minimum Gasteiger partial charge on any atom is -0.355 e. The summed E-state index contributed by atoms with van der Waals surface area (Å²) in [4.78, 5) is 16.3. The van der Waals surface area contributed by atoms with Gasteiger partial charge in [0.25, 0.3) is 0 Å². The molecule has 0 saturated carbocycles. The van der Waals surface area contributed by atoms with Gasteiger partial charge >= 0.3 is 0 Å². The van der Waals surface area contributed by atoms with Crippen LogP contribution in [0, 0.1) is 5.41 Å². The SMILES string of the molecule is N[C@@H]1c2ncccc2CC12CCN(c1nccn3c(-c4cccc(Cl)c4Cl)ncc13)CC2. The Morgan fingerprint density at radius 1 is 1.00 bits per heavy atom. The number of piperidine rings is 1. The number of nitrogens with zero attached hydrogens (tertiary/aromatic N) is 5. The van der Waals surface area contributed by atoms with Gasteiger partial charge in [0.05, 0.1) is 28.0 Å². The van der Waals surface area contributed by atoms with E-state index < -0.39 is 0 Å². The Hall–Kier alpha value is -2.67. The minimum atomic E-state index is -0.00357. The molecule has 1 aliphatic carbocycles. The summed E-state index contributed by atoms with van der Waals surface area (Å²) in [6.07, 6.45) is 10.5. The molecular weight excluding hydrogens is 443 g/mol.